The molecule has 0 spiro atoms. The van der Waals surface area contributed by atoms with E-state index < -0.39 is 59.6 Å². The molecule has 0 radical (unpaired) electrons. The Morgan fingerprint density at radius 2 is 0.750 bits per heavy atom. The van der Waals surface area contributed by atoms with Crippen LogP contribution in [-0.2, 0) is 4.74 Å². The number of alkyl halides is 18. The summed E-state index contributed by atoms with van der Waals surface area (Å²) in [4.78, 5) is 0. The maximum Gasteiger partial charge on any atom is 0.420 e. The second-order valence-electron chi connectivity index (χ2n) is 7.20. The molecule has 1 nitrogen and oxygen atoms in total. The van der Waals surface area contributed by atoms with E-state index in [2.05, 4.69) is 4.74 Å². The van der Waals surface area contributed by atoms with Crippen molar-refractivity contribution in [3.8, 4) is 0 Å². The molecule has 0 aliphatic heterocycles. The summed E-state index contributed by atoms with van der Waals surface area (Å²) < 4.78 is 240. The van der Waals surface area contributed by atoms with Gasteiger partial charge in [-0.25, -0.2) is 8.78 Å². The highest BCUT2D eigenvalue weighted by atomic mass is 19.4. The standard InChI is InChI=1S/C13H10F18O/c1-5(2,3)32-13(30,31)7(16,17)4(8(18,19)20)6(14,15)9(10(21,22)23,11(24,25)26)12(27,28)29/h4H,1-3H3. The van der Waals surface area contributed by atoms with E-state index >= 15 is 0 Å². The highest BCUT2D eigenvalue weighted by molar-refractivity contribution is 5.14. The first kappa shape index (κ1) is 30.7. The van der Waals surface area contributed by atoms with Gasteiger partial charge in [-0.05, 0) is 20.8 Å². The normalized spacial score (nSPS) is 17.5. The lowest BCUT2D eigenvalue weighted by molar-refractivity contribution is -0.509. The van der Waals surface area contributed by atoms with Gasteiger partial charge in [-0.2, -0.15) is 70.2 Å². The van der Waals surface area contributed by atoms with Gasteiger partial charge in [0.05, 0.1) is 5.60 Å². The lowest BCUT2D eigenvalue weighted by Gasteiger charge is -2.48. The molecule has 1 unspecified atom stereocenters. The van der Waals surface area contributed by atoms with Crippen LogP contribution in [0.4, 0.5) is 79.0 Å². The Hall–Kier alpha value is -1.30. The second-order valence-corrected chi connectivity index (χ2v) is 7.20. The second kappa shape index (κ2) is 7.61. The summed E-state index contributed by atoms with van der Waals surface area (Å²) in [5.74, 6) is -23.7. The molecule has 0 aliphatic rings. The summed E-state index contributed by atoms with van der Waals surface area (Å²) in [6.45, 7) is 1.09. The predicted molar refractivity (Wildman–Crippen MR) is 65.8 cm³/mol. The topological polar surface area (TPSA) is 9.23 Å². The van der Waals surface area contributed by atoms with Crippen LogP contribution in [0.5, 0.6) is 0 Å². The highest BCUT2D eigenvalue weighted by Crippen LogP contribution is 2.71. The third kappa shape index (κ3) is 4.80. The molecule has 194 valence electrons. The van der Waals surface area contributed by atoms with Crippen LogP contribution in [0.3, 0.4) is 0 Å². The van der Waals surface area contributed by atoms with Gasteiger partial charge in [0.2, 0.25) is 0 Å². The molecule has 0 saturated carbocycles. The summed E-state index contributed by atoms with van der Waals surface area (Å²) in [6, 6.07) is 0. The minimum absolute atomic E-state index is 0.364. The van der Waals surface area contributed by atoms with E-state index in [1.807, 2.05) is 0 Å². The van der Waals surface area contributed by atoms with Crippen LogP contribution in [0.25, 0.3) is 0 Å². The van der Waals surface area contributed by atoms with E-state index in [0.717, 1.165) is 0 Å². The van der Waals surface area contributed by atoms with E-state index in [-0.39, 0.29) is 0 Å². The van der Waals surface area contributed by atoms with Gasteiger partial charge in [0, 0.05) is 0 Å². The first-order valence-electron chi connectivity index (χ1n) is 7.43. The number of hydrogen-bond acceptors (Lipinski definition) is 1. The maximum atomic E-state index is 14.1. The van der Waals surface area contributed by atoms with Crippen molar-refractivity contribution in [2.45, 2.75) is 69.0 Å². The molecule has 0 aliphatic carbocycles. The molecule has 0 amide bonds. The van der Waals surface area contributed by atoms with Crippen LogP contribution in [0.15, 0.2) is 0 Å². The summed E-state index contributed by atoms with van der Waals surface area (Å²) >= 11 is 0. The number of ether oxygens (including phenoxy) is 1. The molecule has 0 rings (SSSR count). The molecule has 19 heteroatoms. The largest absolute Gasteiger partial charge is 0.420 e. The zero-order valence-electron chi connectivity index (χ0n) is 15.3. The molecule has 0 N–H and O–H groups in total. The summed E-state index contributed by atoms with van der Waals surface area (Å²) in [5, 5.41) is 0. The van der Waals surface area contributed by atoms with Crippen molar-refractivity contribution in [1.29, 1.82) is 0 Å². The number of halogens is 18. The van der Waals surface area contributed by atoms with Gasteiger partial charge in [-0.3, -0.25) is 0 Å². The zero-order chi connectivity index (χ0) is 26.8. The summed E-state index contributed by atoms with van der Waals surface area (Å²) in [5.41, 5.74) is -11.5. The molecule has 0 aromatic rings. The number of rotatable bonds is 5. The van der Waals surface area contributed by atoms with Gasteiger partial charge < -0.3 is 4.74 Å². The molecule has 0 fully saturated rings. The van der Waals surface area contributed by atoms with Crippen LogP contribution >= 0.6 is 0 Å². The summed E-state index contributed by atoms with van der Waals surface area (Å²) in [7, 11) is 0. The lowest BCUT2D eigenvalue weighted by Crippen LogP contribution is -2.75. The Balaban J connectivity index is 7.61. The Labute approximate surface area is 165 Å². The summed E-state index contributed by atoms with van der Waals surface area (Å²) in [6.07, 6.45) is -40.2. The maximum absolute atomic E-state index is 14.1. The van der Waals surface area contributed by atoms with E-state index in [1.54, 1.807) is 0 Å². The minimum Gasteiger partial charge on any atom is -0.310 e. The number of hydrogen-bond donors (Lipinski definition) is 0. The fourth-order valence-electron chi connectivity index (χ4n) is 2.52. The predicted octanol–water partition coefficient (Wildman–Crippen LogP) is 7.52. The Bertz CT molecular complexity index is 619. The van der Waals surface area contributed by atoms with Crippen molar-refractivity contribution in [1.82, 2.24) is 0 Å². The molecule has 1 atom stereocenters. The molecule has 0 aromatic carbocycles. The Kier molecular flexibility index (Phi) is 7.30. The van der Waals surface area contributed by atoms with Gasteiger partial charge in [-0.15, -0.1) is 0 Å². The van der Waals surface area contributed by atoms with E-state index in [0.29, 0.717) is 20.8 Å². The van der Waals surface area contributed by atoms with Crippen molar-refractivity contribution < 1.29 is 83.8 Å². The quantitative estimate of drug-likeness (QED) is 0.339. The molecule has 0 saturated heterocycles. The lowest BCUT2D eigenvalue weighted by atomic mass is 9.70. The van der Waals surface area contributed by atoms with Crippen LogP contribution in [-0.4, -0.2) is 48.3 Å². The van der Waals surface area contributed by atoms with Gasteiger partial charge in [0.1, 0.15) is 0 Å². The molecule has 0 bridgehead atoms. The highest BCUT2D eigenvalue weighted by Gasteiger charge is 2.98. The third-order valence-electron chi connectivity index (χ3n) is 3.65. The van der Waals surface area contributed by atoms with Crippen LogP contribution in [0, 0.1) is 11.3 Å². The molecule has 32 heavy (non-hydrogen) atoms. The van der Waals surface area contributed by atoms with Gasteiger partial charge in [0.25, 0.3) is 5.92 Å². The average Bonchev–Trinajstić information content (AvgIpc) is 2.24. The van der Waals surface area contributed by atoms with Gasteiger partial charge >= 0.3 is 42.2 Å². The molecule has 0 aromatic heterocycles. The van der Waals surface area contributed by atoms with Crippen molar-refractivity contribution >= 4 is 0 Å². The van der Waals surface area contributed by atoms with Crippen LogP contribution in [0.1, 0.15) is 20.8 Å². The molecule has 0 heterocycles. The van der Waals surface area contributed by atoms with Crippen LogP contribution in [0.2, 0.25) is 0 Å². The fraction of sp³-hybridized carbons (Fsp3) is 1.00. The smallest absolute Gasteiger partial charge is 0.310 e. The third-order valence-corrected chi connectivity index (χ3v) is 3.65. The van der Waals surface area contributed by atoms with Crippen LogP contribution < -0.4 is 0 Å². The average molecular weight is 524 g/mol. The first-order valence-corrected chi connectivity index (χ1v) is 7.43. The SMILES string of the molecule is CC(C)(C)OC(F)(F)C(F)(F)C(C(F)(F)F)C(F)(F)C(C(F)(F)F)(C(F)(F)F)C(F)(F)F. The van der Waals surface area contributed by atoms with Crippen molar-refractivity contribution in [3.05, 3.63) is 0 Å². The molecular formula is C13H10F18O. The Morgan fingerprint density at radius 3 is 0.938 bits per heavy atom. The fourth-order valence-corrected chi connectivity index (χ4v) is 2.52. The van der Waals surface area contributed by atoms with E-state index in [9.17, 15) is 79.0 Å². The Morgan fingerprint density at radius 1 is 0.469 bits per heavy atom. The monoisotopic (exact) mass is 524 g/mol. The van der Waals surface area contributed by atoms with Crippen molar-refractivity contribution in [2.24, 2.45) is 11.3 Å². The zero-order valence-corrected chi connectivity index (χ0v) is 15.3. The van der Waals surface area contributed by atoms with Crippen molar-refractivity contribution in [3.63, 3.8) is 0 Å². The molecular weight excluding hydrogens is 514 g/mol. The first-order chi connectivity index (χ1) is 13.3. The minimum atomic E-state index is -8.83. The van der Waals surface area contributed by atoms with Gasteiger partial charge in [0.15, 0.2) is 5.92 Å². The van der Waals surface area contributed by atoms with E-state index in [1.165, 1.54) is 0 Å². The van der Waals surface area contributed by atoms with Crippen molar-refractivity contribution in [2.75, 3.05) is 0 Å². The van der Waals surface area contributed by atoms with E-state index in [4.69, 9.17) is 0 Å². The van der Waals surface area contributed by atoms with Gasteiger partial charge in [-0.1, -0.05) is 0 Å².